The van der Waals surface area contributed by atoms with Crippen molar-refractivity contribution in [3.63, 3.8) is 0 Å². The smallest absolute Gasteiger partial charge is 0.281 e. The highest BCUT2D eigenvalue weighted by molar-refractivity contribution is 7.87. The minimum atomic E-state index is -3.64. The zero-order valence-electron chi connectivity index (χ0n) is 15.7. The molecule has 4 aliphatic carbocycles. The van der Waals surface area contributed by atoms with Crippen LogP contribution in [0.25, 0.3) is 0 Å². The number of alkyl halides is 1. The zero-order chi connectivity index (χ0) is 18.7. The highest BCUT2D eigenvalue weighted by atomic mass is 35.5. The topological polar surface area (TPSA) is 60.4 Å². The van der Waals surface area contributed by atoms with Gasteiger partial charge in [-0.05, 0) is 79.6 Å². The van der Waals surface area contributed by atoms with E-state index in [1.54, 1.807) is 0 Å². The quantitative estimate of drug-likeness (QED) is 0.519. The van der Waals surface area contributed by atoms with E-state index in [1.807, 2.05) is 6.08 Å². The van der Waals surface area contributed by atoms with Crippen molar-refractivity contribution in [2.24, 2.45) is 28.6 Å². The van der Waals surface area contributed by atoms with Gasteiger partial charge in [-0.25, -0.2) is 0 Å². The molecule has 0 radical (unpaired) electrons. The summed E-state index contributed by atoms with van der Waals surface area (Å²) in [5.41, 5.74) is 1.44. The van der Waals surface area contributed by atoms with Crippen LogP contribution in [0.4, 0.5) is 0 Å². The Labute approximate surface area is 161 Å². The molecule has 6 heteroatoms. The number of rotatable bonds is 3. The molecule has 0 aromatic carbocycles. The Morgan fingerprint density at radius 2 is 1.88 bits per heavy atom. The Balaban J connectivity index is 1.60. The molecule has 0 aromatic rings. The number of allylic oxidation sites excluding steroid dienone is 1. The van der Waals surface area contributed by atoms with Crippen LogP contribution >= 0.6 is 11.6 Å². The van der Waals surface area contributed by atoms with E-state index in [1.165, 1.54) is 5.57 Å². The molecule has 0 heterocycles. The van der Waals surface area contributed by atoms with Crippen LogP contribution < -0.4 is 0 Å². The van der Waals surface area contributed by atoms with Gasteiger partial charge in [-0.15, -0.1) is 11.6 Å². The van der Waals surface area contributed by atoms with Crippen molar-refractivity contribution in [1.82, 2.24) is 0 Å². The number of halogens is 1. The van der Waals surface area contributed by atoms with Crippen molar-refractivity contribution in [3.05, 3.63) is 11.6 Å². The molecule has 0 amide bonds. The lowest BCUT2D eigenvalue weighted by Crippen LogP contribution is -2.51. The fourth-order valence-electron chi connectivity index (χ4n) is 6.87. The van der Waals surface area contributed by atoms with E-state index in [4.69, 9.17) is 15.8 Å². The Kier molecular flexibility index (Phi) is 4.60. The van der Waals surface area contributed by atoms with E-state index < -0.39 is 15.3 Å². The summed E-state index contributed by atoms with van der Waals surface area (Å²) in [6, 6.07) is 0. The average molecular weight is 401 g/mol. The second-order valence-electron chi connectivity index (χ2n) is 9.34. The summed E-state index contributed by atoms with van der Waals surface area (Å²) in [4.78, 5) is 11.9. The van der Waals surface area contributed by atoms with Crippen LogP contribution in [0.15, 0.2) is 11.6 Å². The van der Waals surface area contributed by atoms with Gasteiger partial charge in [-0.3, -0.25) is 8.98 Å². The Morgan fingerprint density at radius 3 is 2.62 bits per heavy atom. The summed E-state index contributed by atoms with van der Waals surface area (Å²) in [5.74, 6) is 2.01. The van der Waals surface area contributed by atoms with E-state index in [9.17, 15) is 13.2 Å². The summed E-state index contributed by atoms with van der Waals surface area (Å²) in [5, 5.41) is -0.476. The largest absolute Gasteiger partial charge is 0.295 e. The maximum atomic E-state index is 11.9. The highest BCUT2D eigenvalue weighted by Crippen LogP contribution is 2.65. The van der Waals surface area contributed by atoms with Gasteiger partial charge in [0, 0.05) is 6.42 Å². The van der Waals surface area contributed by atoms with Crippen LogP contribution in [-0.4, -0.2) is 25.5 Å². The number of hydrogen-bond acceptors (Lipinski definition) is 4. The summed E-state index contributed by atoms with van der Waals surface area (Å²) in [6.07, 6.45) is 9.41. The second kappa shape index (κ2) is 6.31. The summed E-state index contributed by atoms with van der Waals surface area (Å²) in [7, 11) is -3.64. The number of fused-ring (bicyclic) bond motifs is 5. The molecule has 4 rings (SSSR count). The van der Waals surface area contributed by atoms with Gasteiger partial charge in [0.05, 0.1) is 6.10 Å². The molecule has 0 spiro atoms. The molecule has 0 N–H and O–H groups in total. The Bertz CT molecular complexity index is 745. The van der Waals surface area contributed by atoms with Gasteiger partial charge in [-0.2, -0.15) is 8.42 Å². The normalized spacial score (nSPS) is 45.5. The van der Waals surface area contributed by atoms with Crippen molar-refractivity contribution in [2.45, 2.75) is 71.3 Å². The Hall–Kier alpha value is -0.390. The van der Waals surface area contributed by atoms with Gasteiger partial charge in [-0.1, -0.05) is 19.4 Å². The summed E-state index contributed by atoms with van der Waals surface area (Å²) >= 11 is 5.56. The molecule has 0 bridgehead atoms. The lowest BCUT2D eigenvalue weighted by atomic mass is 9.47. The van der Waals surface area contributed by atoms with Gasteiger partial charge in [0.1, 0.15) is 5.21 Å². The maximum Gasteiger partial charge on any atom is 0.281 e. The highest BCUT2D eigenvalue weighted by Gasteiger charge is 2.59. The van der Waals surface area contributed by atoms with Crippen molar-refractivity contribution in [1.29, 1.82) is 0 Å². The van der Waals surface area contributed by atoms with Crippen LogP contribution in [0.1, 0.15) is 65.2 Å². The lowest BCUT2D eigenvalue weighted by molar-refractivity contribution is -0.117. The van der Waals surface area contributed by atoms with Gasteiger partial charge < -0.3 is 0 Å². The predicted octanol–water partition coefficient (Wildman–Crippen LogP) is 4.43. The third-order valence-corrected chi connectivity index (χ3v) is 9.87. The van der Waals surface area contributed by atoms with E-state index in [-0.39, 0.29) is 22.7 Å². The SMILES string of the molecule is C[C@]12CC[C@H]3[C@@H](CCC4=CC(=O)CC[C@@]43C)[C@@H]1CC[C@@H]2OS(=O)(=O)CCl. The molecule has 0 unspecified atom stereocenters. The molecule has 146 valence electrons. The first kappa shape index (κ1) is 18.9. The van der Waals surface area contributed by atoms with Crippen molar-refractivity contribution >= 4 is 27.5 Å². The van der Waals surface area contributed by atoms with Crippen molar-refractivity contribution in [3.8, 4) is 0 Å². The first-order valence-electron chi connectivity index (χ1n) is 9.90. The minimum Gasteiger partial charge on any atom is -0.295 e. The molecule has 4 aliphatic rings. The van der Waals surface area contributed by atoms with Gasteiger partial charge in [0.15, 0.2) is 5.78 Å². The molecule has 0 aromatic heterocycles. The standard InChI is InChI=1S/C20H29ClO4S/c1-19-9-7-14(22)11-13(19)3-4-15-16-5-6-18(25-26(23,24)12-21)20(16,2)10-8-17(15)19/h11,15-18H,3-10,12H2,1-2H3/t15-,16-,17-,18-,19-,20-/m0/s1. The third-order valence-electron chi connectivity index (χ3n) is 8.27. The Morgan fingerprint density at radius 1 is 1.12 bits per heavy atom. The molecular formula is C20H29ClO4S. The molecule has 3 saturated carbocycles. The first-order valence-corrected chi connectivity index (χ1v) is 12.0. The van der Waals surface area contributed by atoms with Crippen LogP contribution in [0.5, 0.6) is 0 Å². The maximum absolute atomic E-state index is 11.9. The first-order chi connectivity index (χ1) is 12.2. The van der Waals surface area contributed by atoms with Crippen LogP contribution in [0.2, 0.25) is 0 Å². The fourth-order valence-corrected chi connectivity index (χ4v) is 7.75. The predicted molar refractivity (Wildman–Crippen MR) is 101 cm³/mol. The summed E-state index contributed by atoms with van der Waals surface area (Å²) < 4.78 is 29.4. The van der Waals surface area contributed by atoms with E-state index in [0.29, 0.717) is 24.2 Å². The third kappa shape index (κ3) is 2.80. The molecule has 3 fully saturated rings. The monoisotopic (exact) mass is 400 g/mol. The number of carbonyl (C=O) groups is 1. The van der Waals surface area contributed by atoms with E-state index in [2.05, 4.69) is 13.8 Å². The number of hydrogen-bond donors (Lipinski definition) is 0. The fraction of sp³-hybridized carbons (Fsp3) is 0.850. The molecule has 6 atom stereocenters. The van der Waals surface area contributed by atoms with Crippen molar-refractivity contribution < 1.29 is 17.4 Å². The molecule has 0 aliphatic heterocycles. The second-order valence-corrected chi connectivity index (χ2v) is 11.5. The molecule has 4 nitrogen and oxygen atoms in total. The molecule has 26 heavy (non-hydrogen) atoms. The number of ketones is 1. The zero-order valence-corrected chi connectivity index (χ0v) is 17.2. The summed E-state index contributed by atoms with van der Waals surface area (Å²) in [6.45, 7) is 4.60. The minimum absolute atomic E-state index is 0.0810. The van der Waals surface area contributed by atoms with Crippen LogP contribution in [0, 0.1) is 28.6 Å². The van der Waals surface area contributed by atoms with Crippen LogP contribution in [-0.2, 0) is 19.1 Å². The van der Waals surface area contributed by atoms with Gasteiger partial charge >= 0.3 is 0 Å². The van der Waals surface area contributed by atoms with Gasteiger partial charge in [0.2, 0.25) is 0 Å². The molecular weight excluding hydrogens is 372 g/mol. The lowest BCUT2D eigenvalue weighted by Gasteiger charge is -2.57. The van der Waals surface area contributed by atoms with Gasteiger partial charge in [0.25, 0.3) is 10.1 Å². The van der Waals surface area contributed by atoms with Crippen LogP contribution in [0.3, 0.4) is 0 Å². The van der Waals surface area contributed by atoms with E-state index >= 15 is 0 Å². The average Bonchev–Trinajstić information content (AvgIpc) is 2.92. The molecule has 0 saturated heterocycles. The van der Waals surface area contributed by atoms with E-state index in [0.717, 1.165) is 44.9 Å². The number of carbonyl (C=O) groups excluding carboxylic acids is 1. The van der Waals surface area contributed by atoms with Crippen molar-refractivity contribution in [2.75, 3.05) is 5.21 Å².